The van der Waals surface area contributed by atoms with Crippen LogP contribution >= 0.6 is 0 Å². The minimum absolute atomic E-state index is 0.0291. The van der Waals surface area contributed by atoms with Gasteiger partial charge >= 0.3 is 33.2 Å². The topological polar surface area (TPSA) is 107 Å². The first-order chi connectivity index (χ1) is 12.7. The van der Waals surface area contributed by atoms with Gasteiger partial charge < -0.3 is 9.47 Å². The summed E-state index contributed by atoms with van der Waals surface area (Å²) >= 11 is 0. The molecule has 4 aliphatic rings. The van der Waals surface area contributed by atoms with Gasteiger partial charge in [0.25, 0.3) is 0 Å². The molecule has 0 aromatic rings. The number of fused-ring (bicyclic) bond motifs is 1. The molecule has 0 radical (unpaired) electrons. The lowest BCUT2D eigenvalue weighted by atomic mass is 9.61. The molecule has 1 N–H and O–H groups in total. The minimum Gasteiger partial charge on any atom is -0.463 e. The summed E-state index contributed by atoms with van der Waals surface area (Å²) in [7, 11) is -6.53. The first kappa shape index (κ1) is 19.9. The number of alkyl halides is 4. The van der Waals surface area contributed by atoms with Gasteiger partial charge in [-0.15, -0.1) is 0 Å². The highest BCUT2D eigenvalue weighted by atomic mass is 32.2. The molecule has 7 nitrogen and oxygen atoms in total. The van der Waals surface area contributed by atoms with Crippen molar-refractivity contribution in [3.8, 4) is 0 Å². The van der Waals surface area contributed by atoms with Gasteiger partial charge in [-0.1, -0.05) is 0 Å². The molecule has 158 valence electrons. The van der Waals surface area contributed by atoms with Gasteiger partial charge in [0.15, 0.2) is 6.61 Å². The van der Waals surface area contributed by atoms with E-state index in [2.05, 4.69) is 4.74 Å². The van der Waals surface area contributed by atoms with E-state index in [0.717, 1.165) is 19.3 Å². The molecule has 0 saturated heterocycles. The third-order valence-corrected chi connectivity index (χ3v) is 8.21. The predicted octanol–water partition coefficient (Wildman–Crippen LogP) is 2.02. The average Bonchev–Trinajstić information content (AvgIpc) is 3.24. The third-order valence-electron chi connectivity index (χ3n) is 7.10. The van der Waals surface area contributed by atoms with Gasteiger partial charge in [-0.3, -0.25) is 4.55 Å². The molecule has 0 amide bonds. The zero-order chi connectivity index (χ0) is 20.8. The maximum atomic E-state index is 13.8. The highest BCUT2D eigenvalue weighted by Crippen LogP contribution is 2.83. The van der Waals surface area contributed by atoms with Gasteiger partial charge in [0.1, 0.15) is 0 Å². The summed E-state index contributed by atoms with van der Waals surface area (Å²) in [5, 5.41) is -5.68. The maximum absolute atomic E-state index is 13.8. The van der Waals surface area contributed by atoms with Crippen LogP contribution < -0.4 is 0 Å². The Balaban J connectivity index is 1.32. The van der Waals surface area contributed by atoms with E-state index in [1.807, 2.05) is 0 Å². The standard InChI is InChI=1S/C16H18F4O7S/c17-15(16(18,19)20,28(23,24)25)12(22)26-6-11(21)27-7-13-1-8-2-14(10(8)5-13)4-9(14)3-13/h8-10H,1-7H2,(H,23,24,25). The quantitative estimate of drug-likeness (QED) is 0.390. The minimum atomic E-state index is -6.53. The van der Waals surface area contributed by atoms with Crippen LogP contribution in [0.25, 0.3) is 0 Å². The Morgan fingerprint density at radius 3 is 2.32 bits per heavy atom. The van der Waals surface area contributed by atoms with Crippen molar-refractivity contribution in [1.29, 1.82) is 0 Å². The number of halogens is 4. The number of hydrogen-bond donors (Lipinski definition) is 1. The Hall–Kier alpha value is -1.43. The van der Waals surface area contributed by atoms with Gasteiger partial charge in [-0.2, -0.15) is 21.6 Å². The molecular weight excluding hydrogens is 412 g/mol. The SMILES string of the molecule is O=C(COC(=O)C(F)(C(F)(F)F)S(=O)(=O)O)OCC12CC3CC4(CC4C1)C3C2. The monoisotopic (exact) mass is 430 g/mol. The third kappa shape index (κ3) is 2.59. The molecule has 0 heterocycles. The summed E-state index contributed by atoms with van der Waals surface area (Å²) in [5.74, 6) is -2.30. The van der Waals surface area contributed by atoms with Crippen LogP contribution in [0.15, 0.2) is 0 Å². The van der Waals surface area contributed by atoms with Crippen molar-refractivity contribution in [2.24, 2.45) is 28.6 Å². The van der Waals surface area contributed by atoms with Gasteiger partial charge in [0, 0.05) is 5.41 Å². The molecule has 6 atom stereocenters. The van der Waals surface area contributed by atoms with Crippen LogP contribution in [-0.4, -0.2) is 49.3 Å². The van der Waals surface area contributed by atoms with Crippen molar-refractivity contribution < 1.29 is 49.6 Å². The van der Waals surface area contributed by atoms with Crippen molar-refractivity contribution in [3.63, 3.8) is 0 Å². The van der Waals surface area contributed by atoms with Crippen LogP contribution in [0.5, 0.6) is 0 Å². The highest BCUT2D eigenvalue weighted by Gasteiger charge is 2.76. The van der Waals surface area contributed by atoms with E-state index in [4.69, 9.17) is 9.29 Å². The van der Waals surface area contributed by atoms with E-state index < -0.39 is 39.8 Å². The van der Waals surface area contributed by atoms with Crippen LogP contribution in [0.3, 0.4) is 0 Å². The Morgan fingerprint density at radius 2 is 1.71 bits per heavy atom. The molecular formula is C16H18F4O7S. The fourth-order valence-electron chi connectivity index (χ4n) is 5.89. The molecule has 0 aliphatic heterocycles. The van der Waals surface area contributed by atoms with Crippen molar-refractivity contribution in [2.45, 2.75) is 43.3 Å². The molecule has 0 aromatic carbocycles. The van der Waals surface area contributed by atoms with Crippen molar-refractivity contribution in [2.75, 3.05) is 13.2 Å². The number of ether oxygens (including phenoxy) is 2. The van der Waals surface area contributed by atoms with E-state index in [-0.39, 0.29) is 12.0 Å². The van der Waals surface area contributed by atoms with Gasteiger partial charge in [-0.25, -0.2) is 14.0 Å². The first-order valence-corrected chi connectivity index (χ1v) is 10.2. The van der Waals surface area contributed by atoms with Crippen molar-refractivity contribution in [3.05, 3.63) is 0 Å². The molecule has 28 heavy (non-hydrogen) atoms. The molecule has 12 heteroatoms. The summed E-state index contributed by atoms with van der Waals surface area (Å²) in [6, 6.07) is 0. The highest BCUT2D eigenvalue weighted by molar-refractivity contribution is 7.88. The second-order valence-corrected chi connectivity index (χ2v) is 10.1. The van der Waals surface area contributed by atoms with E-state index in [0.29, 0.717) is 23.2 Å². The summed E-state index contributed by atoms with van der Waals surface area (Å²) in [6.07, 6.45) is -1.16. The Kier molecular flexibility index (Phi) is 3.96. The number of esters is 2. The maximum Gasteiger partial charge on any atom is 0.451 e. The molecule has 4 fully saturated rings. The lowest BCUT2D eigenvalue weighted by Crippen LogP contribution is -2.55. The summed E-state index contributed by atoms with van der Waals surface area (Å²) in [5.41, 5.74) is 0.308. The van der Waals surface area contributed by atoms with Crippen LogP contribution in [0.1, 0.15) is 32.1 Å². The van der Waals surface area contributed by atoms with Crippen LogP contribution in [0, 0.1) is 28.6 Å². The summed E-state index contributed by atoms with van der Waals surface area (Å²) < 4.78 is 90.4. The average molecular weight is 430 g/mol. The molecule has 4 saturated carbocycles. The van der Waals surface area contributed by atoms with E-state index >= 15 is 0 Å². The lowest BCUT2D eigenvalue weighted by molar-refractivity contribution is -0.216. The largest absolute Gasteiger partial charge is 0.463 e. The molecule has 4 rings (SSSR count). The summed E-state index contributed by atoms with van der Waals surface area (Å²) in [6.45, 7) is -1.37. The van der Waals surface area contributed by atoms with Gasteiger partial charge in [0.2, 0.25) is 0 Å². The van der Waals surface area contributed by atoms with Crippen molar-refractivity contribution >= 4 is 22.1 Å². The molecule has 4 aliphatic carbocycles. The number of carbonyl (C=O) groups is 2. The normalized spacial score (nSPS) is 40.0. The number of carbonyl (C=O) groups excluding carboxylic acids is 2. The summed E-state index contributed by atoms with van der Waals surface area (Å²) in [4.78, 5) is 23.1. The van der Waals surface area contributed by atoms with E-state index in [1.54, 1.807) is 0 Å². The van der Waals surface area contributed by atoms with E-state index in [1.165, 1.54) is 12.8 Å². The predicted molar refractivity (Wildman–Crippen MR) is 81.8 cm³/mol. The Bertz CT molecular complexity index is 838. The fourth-order valence-corrected chi connectivity index (χ4v) is 6.45. The molecule has 0 aromatic heterocycles. The first-order valence-electron chi connectivity index (χ1n) is 8.80. The van der Waals surface area contributed by atoms with E-state index in [9.17, 15) is 35.6 Å². The second-order valence-electron chi connectivity index (χ2n) is 8.62. The van der Waals surface area contributed by atoms with Crippen LogP contribution in [-0.2, 0) is 29.2 Å². The fraction of sp³-hybridized carbons (Fsp3) is 0.875. The Labute approximate surface area is 157 Å². The van der Waals surface area contributed by atoms with Gasteiger partial charge in [-0.05, 0) is 55.3 Å². The van der Waals surface area contributed by atoms with Crippen LogP contribution in [0.4, 0.5) is 17.6 Å². The number of rotatable bonds is 6. The zero-order valence-corrected chi connectivity index (χ0v) is 15.3. The van der Waals surface area contributed by atoms with Crippen LogP contribution in [0.2, 0.25) is 0 Å². The van der Waals surface area contributed by atoms with Crippen molar-refractivity contribution in [1.82, 2.24) is 0 Å². The molecule has 2 bridgehead atoms. The number of hydrogen-bond acceptors (Lipinski definition) is 6. The Morgan fingerprint density at radius 1 is 1.04 bits per heavy atom. The molecule has 1 spiro atoms. The smallest absolute Gasteiger partial charge is 0.451 e. The zero-order valence-electron chi connectivity index (χ0n) is 14.5. The van der Waals surface area contributed by atoms with Gasteiger partial charge in [0.05, 0.1) is 6.61 Å². The molecule has 6 unspecified atom stereocenters. The lowest BCUT2D eigenvalue weighted by Gasteiger charge is -2.44. The second kappa shape index (κ2) is 5.59.